The van der Waals surface area contributed by atoms with Crippen molar-refractivity contribution >= 4 is 5.97 Å². The predicted octanol–water partition coefficient (Wildman–Crippen LogP) is 2.93. The second-order valence-corrected chi connectivity index (χ2v) is 3.37. The number of hydrogen-bond acceptors (Lipinski definition) is 1. The molecule has 15 heavy (non-hydrogen) atoms. The summed E-state index contributed by atoms with van der Waals surface area (Å²) in [6, 6.07) is 3.11. The van der Waals surface area contributed by atoms with Gasteiger partial charge in [-0.15, -0.1) is 0 Å². The van der Waals surface area contributed by atoms with Crippen LogP contribution in [0.4, 0.5) is 8.78 Å². The predicted molar refractivity (Wildman–Crippen MR) is 51.6 cm³/mol. The maximum Gasteiger partial charge on any atom is 0.303 e. The van der Waals surface area contributed by atoms with Gasteiger partial charge in [0.05, 0.1) is 6.42 Å². The van der Waals surface area contributed by atoms with Crippen molar-refractivity contribution in [2.24, 2.45) is 0 Å². The highest BCUT2D eigenvalue weighted by atomic mass is 19.1. The van der Waals surface area contributed by atoms with Crippen LogP contribution in [0.1, 0.15) is 31.2 Å². The molecule has 0 saturated heterocycles. The van der Waals surface area contributed by atoms with Crippen molar-refractivity contribution in [2.45, 2.75) is 25.7 Å². The summed E-state index contributed by atoms with van der Waals surface area (Å²) in [5.41, 5.74) is 0.139. The monoisotopic (exact) mass is 214 g/mol. The fraction of sp³-hybridized carbons (Fsp3) is 0.364. The Balaban J connectivity index is 3.00. The molecular weight excluding hydrogens is 202 g/mol. The van der Waals surface area contributed by atoms with Crippen molar-refractivity contribution in [2.75, 3.05) is 0 Å². The molecule has 1 aromatic rings. The van der Waals surface area contributed by atoms with E-state index in [9.17, 15) is 13.6 Å². The first-order valence-corrected chi connectivity index (χ1v) is 4.71. The van der Waals surface area contributed by atoms with Crippen LogP contribution in [-0.2, 0) is 4.79 Å². The molecule has 1 N–H and O–H groups in total. The van der Waals surface area contributed by atoms with Crippen molar-refractivity contribution < 1.29 is 18.7 Å². The SMILES string of the molecule is CCC(CC(=O)O)c1cc(F)ccc1F. The number of halogens is 2. The molecule has 0 amide bonds. The van der Waals surface area contributed by atoms with Crippen LogP contribution in [0.2, 0.25) is 0 Å². The molecule has 0 aliphatic heterocycles. The van der Waals surface area contributed by atoms with E-state index in [1.165, 1.54) is 0 Å². The molecule has 0 bridgehead atoms. The number of aliphatic carboxylic acids is 1. The third-order valence-electron chi connectivity index (χ3n) is 2.31. The van der Waals surface area contributed by atoms with E-state index in [1.807, 2.05) is 0 Å². The van der Waals surface area contributed by atoms with Crippen LogP contribution in [0.3, 0.4) is 0 Å². The highest BCUT2D eigenvalue weighted by Crippen LogP contribution is 2.26. The lowest BCUT2D eigenvalue weighted by molar-refractivity contribution is -0.137. The summed E-state index contributed by atoms with van der Waals surface area (Å²) < 4.78 is 26.2. The summed E-state index contributed by atoms with van der Waals surface area (Å²) in [6.45, 7) is 1.75. The summed E-state index contributed by atoms with van der Waals surface area (Å²) in [7, 11) is 0. The molecule has 0 radical (unpaired) electrons. The minimum Gasteiger partial charge on any atom is -0.481 e. The van der Waals surface area contributed by atoms with Crippen LogP contribution in [0.15, 0.2) is 18.2 Å². The zero-order chi connectivity index (χ0) is 11.4. The van der Waals surface area contributed by atoms with Gasteiger partial charge in [-0.3, -0.25) is 4.79 Å². The van der Waals surface area contributed by atoms with Crippen molar-refractivity contribution in [3.8, 4) is 0 Å². The summed E-state index contributed by atoms with van der Waals surface area (Å²) >= 11 is 0. The van der Waals surface area contributed by atoms with E-state index in [4.69, 9.17) is 5.11 Å². The minimum atomic E-state index is -1.01. The average molecular weight is 214 g/mol. The molecule has 0 heterocycles. The third-order valence-corrected chi connectivity index (χ3v) is 2.31. The van der Waals surface area contributed by atoms with E-state index in [0.717, 1.165) is 18.2 Å². The number of carbonyl (C=O) groups is 1. The van der Waals surface area contributed by atoms with Gasteiger partial charge in [0.15, 0.2) is 0 Å². The van der Waals surface area contributed by atoms with Gasteiger partial charge in [-0.05, 0) is 36.1 Å². The van der Waals surface area contributed by atoms with Gasteiger partial charge in [0.25, 0.3) is 0 Å². The maximum atomic E-state index is 13.3. The van der Waals surface area contributed by atoms with Crippen molar-refractivity contribution in [3.05, 3.63) is 35.4 Å². The van der Waals surface area contributed by atoms with E-state index >= 15 is 0 Å². The van der Waals surface area contributed by atoms with Crippen molar-refractivity contribution in [1.82, 2.24) is 0 Å². The number of rotatable bonds is 4. The Morgan fingerprint density at radius 2 is 2.13 bits per heavy atom. The largest absolute Gasteiger partial charge is 0.481 e. The second kappa shape index (κ2) is 4.87. The van der Waals surface area contributed by atoms with Gasteiger partial charge < -0.3 is 5.11 Å². The fourth-order valence-electron chi connectivity index (χ4n) is 1.51. The first-order valence-electron chi connectivity index (χ1n) is 4.71. The standard InChI is InChI=1S/C11H12F2O2/c1-2-7(5-11(14)15)9-6-8(12)3-4-10(9)13/h3-4,6-7H,2,5H2,1H3,(H,14,15). The van der Waals surface area contributed by atoms with Crippen LogP contribution in [-0.4, -0.2) is 11.1 Å². The number of hydrogen-bond donors (Lipinski definition) is 1. The number of carboxylic acid groups (broad SMARTS) is 1. The highest BCUT2D eigenvalue weighted by Gasteiger charge is 2.17. The average Bonchev–Trinajstić information content (AvgIpc) is 2.18. The summed E-state index contributed by atoms with van der Waals surface area (Å²) in [5.74, 6) is -2.58. The lowest BCUT2D eigenvalue weighted by Crippen LogP contribution is -2.07. The zero-order valence-corrected chi connectivity index (χ0v) is 8.34. The zero-order valence-electron chi connectivity index (χ0n) is 8.34. The topological polar surface area (TPSA) is 37.3 Å². The van der Waals surface area contributed by atoms with Crippen LogP contribution in [0.5, 0.6) is 0 Å². The number of carboxylic acids is 1. The molecule has 1 aromatic carbocycles. The van der Waals surface area contributed by atoms with E-state index in [1.54, 1.807) is 6.92 Å². The van der Waals surface area contributed by atoms with E-state index < -0.39 is 23.5 Å². The van der Waals surface area contributed by atoms with Gasteiger partial charge in [0, 0.05) is 0 Å². The van der Waals surface area contributed by atoms with Gasteiger partial charge in [-0.25, -0.2) is 8.78 Å². The van der Waals surface area contributed by atoms with Gasteiger partial charge in [0.1, 0.15) is 11.6 Å². The molecule has 1 unspecified atom stereocenters. The summed E-state index contributed by atoms with van der Waals surface area (Å²) in [4.78, 5) is 10.5. The maximum absolute atomic E-state index is 13.3. The molecule has 0 aromatic heterocycles. The molecule has 0 saturated carbocycles. The normalized spacial score (nSPS) is 12.5. The Hall–Kier alpha value is -1.45. The lowest BCUT2D eigenvalue weighted by atomic mass is 9.93. The Morgan fingerprint density at radius 1 is 1.47 bits per heavy atom. The molecule has 82 valence electrons. The van der Waals surface area contributed by atoms with E-state index in [-0.39, 0.29) is 12.0 Å². The number of benzene rings is 1. The first-order chi connectivity index (χ1) is 7.04. The van der Waals surface area contributed by atoms with Gasteiger partial charge in [0.2, 0.25) is 0 Å². The Bertz CT molecular complexity index is 364. The molecule has 0 fully saturated rings. The molecule has 0 aliphatic rings. The molecule has 2 nitrogen and oxygen atoms in total. The van der Waals surface area contributed by atoms with Crippen molar-refractivity contribution in [1.29, 1.82) is 0 Å². The Labute approximate surface area is 86.5 Å². The smallest absolute Gasteiger partial charge is 0.303 e. The lowest BCUT2D eigenvalue weighted by Gasteiger charge is -2.13. The molecule has 0 aliphatic carbocycles. The van der Waals surface area contributed by atoms with Crippen molar-refractivity contribution in [3.63, 3.8) is 0 Å². The van der Waals surface area contributed by atoms with E-state index in [0.29, 0.717) is 6.42 Å². The quantitative estimate of drug-likeness (QED) is 0.836. The Morgan fingerprint density at radius 3 is 2.67 bits per heavy atom. The van der Waals surface area contributed by atoms with Crippen LogP contribution in [0.25, 0.3) is 0 Å². The minimum absolute atomic E-state index is 0.139. The van der Waals surface area contributed by atoms with Crippen LogP contribution >= 0.6 is 0 Å². The molecular formula is C11H12F2O2. The fourth-order valence-corrected chi connectivity index (χ4v) is 1.51. The highest BCUT2D eigenvalue weighted by molar-refractivity contribution is 5.68. The van der Waals surface area contributed by atoms with Crippen LogP contribution < -0.4 is 0 Å². The van der Waals surface area contributed by atoms with E-state index in [2.05, 4.69) is 0 Å². The molecule has 1 rings (SSSR count). The molecule has 0 spiro atoms. The van der Waals surface area contributed by atoms with Crippen LogP contribution in [0, 0.1) is 11.6 Å². The summed E-state index contributed by atoms with van der Waals surface area (Å²) in [6.07, 6.45) is 0.281. The first kappa shape index (κ1) is 11.6. The molecule has 1 atom stereocenters. The third kappa shape index (κ3) is 3.01. The molecule has 4 heteroatoms. The second-order valence-electron chi connectivity index (χ2n) is 3.37. The van der Waals surface area contributed by atoms with Gasteiger partial charge in [-0.1, -0.05) is 6.92 Å². The van der Waals surface area contributed by atoms with Gasteiger partial charge >= 0.3 is 5.97 Å². The summed E-state index contributed by atoms with van der Waals surface area (Å²) in [5, 5.41) is 8.62. The Kier molecular flexibility index (Phi) is 3.77. The van der Waals surface area contributed by atoms with Gasteiger partial charge in [-0.2, -0.15) is 0 Å².